The normalized spacial score (nSPS) is 10.3. The first kappa shape index (κ1) is 17.0. The zero-order valence-corrected chi connectivity index (χ0v) is 14.5. The van der Waals surface area contributed by atoms with Crippen molar-refractivity contribution in [1.29, 1.82) is 0 Å². The van der Waals surface area contributed by atoms with Crippen LogP contribution in [0.5, 0.6) is 11.5 Å². The minimum atomic E-state index is -0.447. The van der Waals surface area contributed by atoms with Gasteiger partial charge in [0.15, 0.2) is 11.5 Å². The molecule has 0 saturated carbocycles. The molecule has 0 aliphatic heterocycles. The Kier molecular flexibility index (Phi) is 5.38. The summed E-state index contributed by atoms with van der Waals surface area (Å²) in [6.45, 7) is 2.16. The van der Waals surface area contributed by atoms with E-state index in [-0.39, 0.29) is 5.69 Å². The van der Waals surface area contributed by atoms with Crippen molar-refractivity contribution < 1.29 is 14.4 Å². The molecule has 0 bridgehead atoms. The van der Waals surface area contributed by atoms with Crippen molar-refractivity contribution in [1.82, 2.24) is 4.98 Å². The predicted octanol–water partition coefficient (Wildman–Crippen LogP) is 3.69. The van der Waals surface area contributed by atoms with E-state index in [4.69, 9.17) is 9.47 Å². The molecule has 0 saturated heterocycles. The van der Waals surface area contributed by atoms with Crippen LogP contribution in [0, 0.1) is 17.0 Å². The molecule has 0 atom stereocenters. The molecule has 0 aliphatic carbocycles. The number of nitrogens with one attached hydrogen (secondary N) is 1. The van der Waals surface area contributed by atoms with Gasteiger partial charge in [0.2, 0.25) is 0 Å². The van der Waals surface area contributed by atoms with E-state index in [0.29, 0.717) is 29.4 Å². The van der Waals surface area contributed by atoms with Crippen LogP contribution in [0.2, 0.25) is 0 Å². The number of halogens is 1. The van der Waals surface area contributed by atoms with E-state index in [1.54, 1.807) is 27.2 Å². The summed E-state index contributed by atoms with van der Waals surface area (Å²) in [5, 5.41) is 13.9. The van der Waals surface area contributed by atoms with Gasteiger partial charge in [-0.2, -0.15) is 0 Å². The van der Waals surface area contributed by atoms with Crippen LogP contribution in [0.3, 0.4) is 0 Å². The molecule has 122 valence electrons. The van der Waals surface area contributed by atoms with Crippen molar-refractivity contribution in [3.8, 4) is 11.5 Å². The van der Waals surface area contributed by atoms with Crippen LogP contribution in [0.25, 0.3) is 0 Å². The fourth-order valence-electron chi connectivity index (χ4n) is 2.05. The van der Waals surface area contributed by atoms with Gasteiger partial charge in [-0.15, -0.1) is 0 Å². The lowest BCUT2D eigenvalue weighted by Gasteiger charge is -2.13. The molecule has 1 aromatic heterocycles. The molecule has 1 N–H and O–H groups in total. The number of pyridine rings is 1. The van der Waals surface area contributed by atoms with Crippen molar-refractivity contribution in [2.45, 2.75) is 13.5 Å². The van der Waals surface area contributed by atoms with Gasteiger partial charge >= 0.3 is 0 Å². The molecule has 8 heteroatoms. The van der Waals surface area contributed by atoms with Gasteiger partial charge in [-0.05, 0) is 30.7 Å². The minimum Gasteiger partial charge on any atom is -0.493 e. The zero-order valence-electron chi connectivity index (χ0n) is 12.9. The lowest BCUT2D eigenvalue weighted by Crippen LogP contribution is -2.04. The van der Waals surface area contributed by atoms with Crippen LogP contribution in [0.4, 0.5) is 11.5 Å². The summed E-state index contributed by atoms with van der Waals surface area (Å²) in [4.78, 5) is 14.4. The number of aryl methyl sites for hydroxylation is 1. The lowest BCUT2D eigenvalue weighted by molar-refractivity contribution is -0.385. The molecule has 0 fully saturated rings. The Hall–Kier alpha value is -2.35. The number of anilines is 1. The first-order valence-electron chi connectivity index (χ1n) is 6.71. The Labute approximate surface area is 141 Å². The highest BCUT2D eigenvalue weighted by molar-refractivity contribution is 9.10. The third kappa shape index (κ3) is 3.89. The van der Waals surface area contributed by atoms with Crippen molar-refractivity contribution in [2.75, 3.05) is 19.5 Å². The minimum absolute atomic E-state index is 0.00264. The topological polar surface area (TPSA) is 86.5 Å². The number of nitrogens with zero attached hydrogens (tertiary/aromatic N) is 2. The Morgan fingerprint density at radius 3 is 2.48 bits per heavy atom. The van der Waals surface area contributed by atoms with Crippen LogP contribution in [-0.4, -0.2) is 24.1 Å². The van der Waals surface area contributed by atoms with Crippen LogP contribution in [0.15, 0.2) is 28.9 Å². The second-order valence-corrected chi connectivity index (χ2v) is 5.62. The fraction of sp³-hybridized carbons (Fsp3) is 0.267. The molecule has 2 rings (SSSR count). The van der Waals surface area contributed by atoms with Crippen molar-refractivity contribution >= 4 is 27.4 Å². The number of aromatic nitrogens is 1. The SMILES string of the molecule is COc1cc(Br)c(CNc2cc(C)c([N+](=O)[O-])cn2)cc1OC. The van der Waals surface area contributed by atoms with E-state index in [0.717, 1.165) is 10.0 Å². The van der Waals surface area contributed by atoms with Crippen LogP contribution in [0.1, 0.15) is 11.1 Å². The van der Waals surface area contributed by atoms with Crippen LogP contribution in [-0.2, 0) is 6.54 Å². The Balaban J connectivity index is 2.18. The Morgan fingerprint density at radius 1 is 1.26 bits per heavy atom. The largest absolute Gasteiger partial charge is 0.493 e. The molecule has 1 aromatic carbocycles. The van der Waals surface area contributed by atoms with Crippen LogP contribution < -0.4 is 14.8 Å². The number of ether oxygens (including phenoxy) is 2. The molecule has 0 unspecified atom stereocenters. The number of nitro groups is 1. The summed E-state index contributed by atoms with van der Waals surface area (Å²) < 4.78 is 11.4. The average Bonchev–Trinajstić information content (AvgIpc) is 2.53. The third-order valence-corrected chi connectivity index (χ3v) is 4.03. The first-order chi connectivity index (χ1) is 11.0. The molecule has 0 spiro atoms. The summed E-state index contributed by atoms with van der Waals surface area (Å²) >= 11 is 3.48. The molecular weight excluding hydrogens is 366 g/mol. The summed E-state index contributed by atoms with van der Waals surface area (Å²) in [5.41, 5.74) is 1.50. The summed E-state index contributed by atoms with van der Waals surface area (Å²) in [6, 6.07) is 5.32. The molecule has 0 aliphatic rings. The summed E-state index contributed by atoms with van der Waals surface area (Å²) in [5.74, 6) is 1.82. The summed E-state index contributed by atoms with van der Waals surface area (Å²) in [7, 11) is 3.15. The number of benzene rings is 1. The highest BCUT2D eigenvalue weighted by Gasteiger charge is 2.13. The van der Waals surface area contributed by atoms with Gasteiger partial charge < -0.3 is 14.8 Å². The van der Waals surface area contributed by atoms with E-state index in [9.17, 15) is 10.1 Å². The van der Waals surface area contributed by atoms with Gasteiger partial charge in [0.25, 0.3) is 5.69 Å². The Morgan fingerprint density at radius 2 is 1.91 bits per heavy atom. The maximum Gasteiger partial charge on any atom is 0.290 e. The van der Waals surface area contributed by atoms with Gasteiger partial charge in [-0.3, -0.25) is 10.1 Å². The molecular formula is C15H16BrN3O4. The molecule has 2 aromatic rings. The molecule has 23 heavy (non-hydrogen) atoms. The lowest BCUT2D eigenvalue weighted by atomic mass is 10.2. The van der Waals surface area contributed by atoms with Crippen molar-refractivity contribution in [2.24, 2.45) is 0 Å². The van der Waals surface area contributed by atoms with Gasteiger partial charge in [-0.1, -0.05) is 15.9 Å². The Bertz CT molecular complexity index is 737. The monoisotopic (exact) mass is 381 g/mol. The van der Waals surface area contributed by atoms with E-state index in [1.807, 2.05) is 12.1 Å². The highest BCUT2D eigenvalue weighted by atomic mass is 79.9. The quantitative estimate of drug-likeness (QED) is 0.606. The van der Waals surface area contributed by atoms with Gasteiger partial charge in [0.05, 0.1) is 19.1 Å². The molecule has 7 nitrogen and oxygen atoms in total. The zero-order chi connectivity index (χ0) is 17.0. The first-order valence-corrected chi connectivity index (χ1v) is 7.51. The molecule has 1 heterocycles. The number of hydrogen-bond acceptors (Lipinski definition) is 6. The van der Waals surface area contributed by atoms with Crippen molar-refractivity contribution in [3.05, 3.63) is 50.1 Å². The van der Waals surface area contributed by atoms with E-state index in [1.165, 1.54) is 6.20 Å². The van der Waals surface area contributed by atoms with E-state index < -0.39 is 4.92 Å². The third-order valence-electron chi connectivity index (χ3n) is 3.29. The fourth-order valence-corrected chi connectivity index (χ4v) is 2.52. The van der Waals surface area contributed by atoms with Gasteiger partial charge in [0.1, 0.15) is 12.0 Å². The maximum absolute atomic E-state index is 10.8. The van der Waals surface area contributed by atoms with Crippen LogP contribution >= 0.6 is 15.9 Å². The highest BCUT2D eigenvalue weighted by Crippen LogP contribution is 2.33. The maximum atomic E-state index is 10.8. The predicted molar refractivity (Wildman–Crippen MR) is 90.2 cm³/mol. The number of rotatable bonds is 6. The standard InChI is InChI=1S/C15H16BrN3O4/c1-9-4-15(18-8-12(9)19(20)21)17-7-10-5-13(22-2)14(23-3)6-11(10)16/h4-6,8H,7H2,1-3H3,(H,17,18). The van der Waals surface area contributed by atoms with Gasteiger partial charge in [-0.25, -0.2) is 4.98 Å². The second kappa shape index (κ2) is 7.28. The van der Waals surface area contributed by atoms with Crippen molar-refractivity contribution in [3.63, 3.8) is 0 Å². The molecule has 0 radical (unpaired) electrons. The average molecular weight is 382 g/mol. The molecule has 0 amide bonds. The van der Waals surface area contributed by atoms with E-state index >= 15 is 0 Å². The van der Waals surface area contributed by atoms with E-state index in [2.05, 4.69) is 26.2 Å². The second-order valence-electron chi connectivity index (χ2n) is 4.77. The summed E-state index contributed by atoms with van der Waals surface area (Å²) in [6.07, 6.45) is 1.25. The number of methoxy groups -OCH3 is 2. The van der Waals surface area contributed by atoms with Gasteiger partial charge in [0, 0.05) is 16.6 Å². The number of hydrogen-bond donors (Lipinski definition) is 1. The smallest absolute Gasteiger partial charge is 0.290 e.